The number of rotatable bonds is 1. The summed E-state index contributed by atoms with van der Waals surface area (Å²) in [6, 6.07) is 0. The second-order valence-corrected chi connectivity index (χ2v) is 5.39. The highest BCUT2D eigenvalue weighted by molar-refractivity contribution is 5.80. The van der Waals surface area contributed by atoms with Crippen LogP contribution in [0.1, 0.15) is 40.5 Å². The predicted octanol–water partition coefficient (Wildman–Crippen LogP) is 1.94. The summed E-state index contributed by atoms with van der Waals surface area (Å²) in [4.78, 5) is 10.6. The lowest BCUT2D eigenvalue weighted by molar-refractivity contribution is -0.131. The second kappa shape index (κ2) is 3.39. The summed E-state index contributed by atoms with van der Waals surface area (Å²) >= 11 is 0. The van der Waals surface area contributed by atoms with Crippen molar-refractivity contribution >= 4 is 5.97 Å². The SMILES string of the molecule is CC1(C)CC(=CC(=O)O)CC(C)(C)N1. The van der Waals surface area contributed by atoms with E-state index in [9.17, 15) is 4.79 Å². The van der Waals surface area contributed by atoms with Gasteiger partial charge in [-0.15, -0.1) is 0 Å². The van der Waals surface area contributed by atoms with Crippen LogP contribution in [-0.4, -0.2) is 22.2 Å². The van der Waals surface area contributed by atoms with Crippen LogP contribution >= 0.6 is 0 Å². The summed E-state index contributed by atoms with van der Waals surface area (Å²) in [5.41, 5.74) is 0.998. The van der Waals surface area contributed by atoms with Gasteiger partial charge in [0.25, 0.3) is 0 Å². The number of hydrogen-bond donors (Lipinski definition) is 2. The first-order chi connectivity index (χ1) is 6.20. The van der Waals surface area contributed by atoms with Gasteiger partial charge in [0.2, 0.25) is 0 Å². The molecule has 0 radical (unpaired) electrons. The van der Waals surface area contributed by atoms with E-state index in [-0.39, 0.29) is 11.1 Å². The maximum Gasteiger partial charge on any atom is 0.328 e. The van der Waals surface area contributed by atoms with E-state index in [4.69, 9.17) is 5.11 Å². The van der Waals surface area contributed by atoms with Crippen molar-refractivity contribution in [1.82, 2.24) is 5.32 Å². The van der Waals surface area contributed by atoms with Gasteiger partial charge in [-0.1, -0.05) is 5.57 Å². The second-order valence-electron chi connectivity index (χ2n) is 5.39. The molecule has 0 bridgehead atoms. The number of carboxylic acid groups (broad SMARTS) is 1. The molecular formula is C11H19NO2. The molecule has 14 heavy (non-hydrogen) atoms. The average molecular weight is 197 g/mol. The Kier molecular flexibility index (Phi) is 2.72. The zero-order valence-corrected chi connectivity index (χ0v) is 9.35. The molecule has 0 aliphatic carbocycles. The number of carbonyl (C=O) groups is 1. The summed E-state index contributed by atoms with van der Waals surface area (Å²) in [6.45, 7) is 8.40. The highest BCUT2D eigenvalue weighted by atomic mass is 16.4. The molecule has 1 aliphatic rings. The molecule has 1 aliphatic heterocycles. The fourth-order valence-electron chi connectivity index (χ4n) is 2.48. The van der Waals surface area contributed by atoms with Crippen LogP contribution in [0, 0.1) is 0 Å². The third kappa shape index (κ3) is 3.14. The van der Waals surface area contributed by atoms with Gasteiger partial charge >= 0.3 is 5.97 Å². The Hall–Kier alpha value is -0.830. The topological polar surface area (TPSA) is 49.3 Å². The standard InChI is InChI=1S/C11H19NO2/c1-10(2)6-8(5-9(13)14)7-11(3,4)12-10/h5,12H,6-7H2,1-4H3,(H,13,14). The van der Waals surface area contributed by atoms with Crippen molar-refractivity contribution in [3.05, 3.63) is 11.6 Å². The van der Waals surface area contributed by atoms with E-state index in [0.717, 1.165) is 18.4 Å². The van der Waals surface area contributed by atoms with Gasteiger partial charge in [-0.2, -0.15) is 0 Å². The largest absolute Gasteiger partial charge is 0.478 e. The molecule has 0 spiro atoms. The first-order valence-corrected chi connectivity index (χ1v) is 4.92. The molecule has 1 rings (SSSR count). The van der Waals surface area contributed by atoms with Crippen molar-refractivity contribution in [2.45, 2.75) is 51.6 Å². The molecule has 80 valence electrons. The maximum atomic E-state index is 10.6. The molecule has 0 aromatic heterocycles. The van der Waals surface area contributed by atoms with Crippen molar-refractivity contribution in [1.29, 1.82) is 0 Å². The van der Waals surface area contributed by atoms with Crippen molar-refractivity contribution in [2.24, 2.45) is 0 Å². The van der Waals surface area contributed by atoms with Crippen molar-refractivity contribution in [3.8, 4) is 0 Å². The molecule has 0 amide bonds. The monoisotopic (exact) mass is 197 g/mol. The van der Waals surface area contributed by atoms with E-state index in [0.29, 0.717) is 0 Å². The number of carboxylic acids is 1. The van der Waals surface area contributed by atoms with E-state index in [1.54, 1.807) is 0 Å². The fraction of sp³-hybridized carbons (Fsp3) is 0.727. The molecule has 3 heteroatoms. The molecule has 1 heterocycles. The molecule has 0 aromatic carbocycles. The third-order valence-electron chi connectivity index (χ3n) is 2.34. The summed E-state index contributed by atoms with van der Waals surface area (Å²) in [5, 5.41) is 12.2. The number of aliphatic carboxylic acids is 1. The Morgan fingerprint density at radius 2 is 1.71 bits per heavy atom. The van der Waals surface area contributed by atoms with Crippen LogP contribution in [-0.2, 0) is 4.79 Å². The molecule has 0 atom stereocenters. The summed E-state index contributed by atoms with van der Waals surface area (Å²) in [7, 11) is 0. The van der Waals surface area contributed by atoms with Gasteiger partial charge in [0.1, 0.15) is 0 Å². The fourth-order valence-corrected chi connectivity index (χ4v) is 2.48. The third-order valence-corrected chi connectivity index (χ3v) is 2.34. The number of piperidine rings is 1. The number of hydrogen-bond acceptors (Lipinski definition) is 2. The van der Waals surface area contributed by atoms with Crippen LogP contribution in [0.4, 0.5) is 0 Å². The minimum atomic E-state index is -0.839. The zero-order valence-electron chi connectivity index (χ0n) is 9.35. The van der Waals surface area contributed by atoms with Crippen molar-refractivity contribution < 1.29 is 9.90 Å². The summed E-state index contributed by atoms with van der Waals surface area (Å²) in [5.74, 6) is -0.839. The van der Waals surface area contributed by atoms with Crippen LogP contribution in [0.2, 0.25) is 0 Å². The molecule has 2 N–H and O–H groups in total. The first-order valence-electron chi connectivity index (χ1n) is 4.92. The molecule has 0 unspecified atom stereocenters. The Bertz CT molecular complexity index is 259. The van der Waals surface area contributed by atoms with Gasteiger partial charge < -0.3 is 10.4 Å². The van der Waals surface area contributed by atoms with Gasteiger partial charge in [0.05, 0.1) is 0 Å². The quantitative estimate of drug-likeness (QED) is 0.631. The summed E-state index contributed by atoms with van der Waals surface area (Å²) < 4.78 is 0. The van der Waals surface area contributed by atoms with Crippen LogP contribution in [0.3, 0.4) is 0 Å². The lowest BCUT2D eigenvalue weighted by Crippen LogP contribution is -2.56. The highest BCUT2D eigenvalue weighted by Crippen LogP contribution is 2.31. The Morgan fingerprint density at radius 3 is 2.07 bits per heavy atom. The van der Waals surface area contributed by atoms with E-state index < -0.39 is 5.97 Å². The van der Waals surface area contributed by atoms with Gasteiger partial charge in [-0.25, -0.2) is 4.79 Å². The molecule has 3 nitrogen and oxygen atoms in total. The van der Waals surface area contributed by atoms with Crippen LogP contribution < -0.4 is 5.32 Å². The lowest BCUT2D eigenvalue weighted by atomic mass is 9.79. The zero-order chi connectivity index (χ0) is 11.0. The molecule has 1 fully saturated rings. The number of nitrogens with one attached hydrogen (secondary N) is 1. The smallest absolute Gasteiger partial charge is 0.328 e. The van der Waals surface area contributed by atoms with E-state index in [1.807, 2.05) is 0 Å². The van der Waals surface area contributed by atoms with Crippen LogP contribution in [0.25, 0.3) is 0 Å². The lowest BCUT2D eigenvalue weighted by Gasteiger charge is -2.43. The molecule has 1 saturated heterocycles. The van der Waals surface area contributed by atoms with Gasteiger partial charge in [-0.05, 0) is 40.5 Å². The predicted molar refractivity (Wildman–Crippen MR) is 56.2 cm³/mol. The molecule has 0 saturated carbocycles. The van der Waals surface area contributed by atoms with Gasteiger partial charge in [0.15, 0.2) is 0 Å². The molecule has 0 aromatic rings. The van der Waals surface area contributed by atoms with Gasteiger partial charge in [0, 0.05) is 17.2 Å². The minimum absolute atomic E-state index is 0.0109. The Labute approximate surface area is 85.2 Å². The molecular weight excluding hydrogens is 178 g/mol. The van der Waals surface area contributed by atoms with E-state index in [2.05, 4.69) is 33.0 Å². The first kappa shape index (κ1) is 11.2. The van der Waals surface area contributed by atoms with Crippen molar-refractivity contribution in [2.75, 3.05) is 0 Å². The Morgan fingerprint density at radius 1 is 1.29 bits per heavy atom. The van der Waals surface area contributed by atoms with Crippen LogP contribution in [0.5, 0.6) is 0 Å². The summed E-state index contributed by atoms with van der Waals surface area (Å²) in [6.07, 6.45) is 2.97. The van der Waals surface area contributed by atoms with Crippen molar-refractivity contribution in [3.63, 3.8) is 0 Å². The maximum absolute atomic E-state index is 10.6. The normalized spacial score (nSPS) is 24.4. The average Bonchev–Trinajstić information content (AvgIpc) is 1.74. The van der Waals surface area contributed by atoms with Gasteiger partial charge in [-0.3, -0.25) is 0 Å². The van der Waals surface area contributed by atoms with Crippen LogP contribution in [0.15, 0.2) is 11.6 Å². The highest BCUT2D eigenvalue weighted by Gasteiger charge is 2.34. The van der Waals surface area contributed by atoms with E-state index in [1.165, 1.54) is 6.08 Å². The van der Waals surface area contributed by atoms with E-state index >= 15 is 0 Å². The Balaban J connectivity index is 2.87. The minimum Gasteiger partial charge on any atom is -0.478 e.